The molecule has 0 saturated heterocycles. The van der Waals surface area contributed by atoms with Crippen molar-refractivity contribution < 1.29 is 5.48 Å². The minimum atomic E-state index is 0. The highest BCUT2D eigenvalue weighted by Gasteiger charge is 1.81. The molecule has 2 N–H and O–H groups in total. The number of hydrogen-bond donors (Lipinski definition) is 0. The quantitative estimate of drug-likeness (QED) is 0.571. The molecule has 0 aliphatic rings. The molecule has 0 saturated carbocycles. The second-order valence-electron chi connectivity index (χ2n) is 1.80. The number of hydrogen-bond acceptors (Lipinski definition) is 1. The summed E-state index contributed by atoms with van der Waals surface area (Å²) in [7, 11) is 0. The first-order valence-corrected chi connectivity index (χ1v) is 2.89. The topological polar surface area (TPSA) is 49.3 Å². The van der Waals surface area contributed by atoms with E-state index in [0.717, 1.165) is 6.54 Å². The Kier molecular flexibility index (Phi) is 3.71. The van der Waals surface area contributed by atoms with Crippen molar-refractivity contribution in [2.75, 3.05) is 0 Å². The van der Waals surface area contributed by atoms with Gasteiger partial charge in [0.1, 0.15) is 0 Å². The van der Waals surface area contributed by atoms with Crippen LogP contribution in [0.3, 0.4) is 0 Å². The summed E-state index contributed by atoms with van der Waals surface area (Å²) < 4.78 is 2.07. The molecule has 3 heteroatoms. The van der Waals surface area contributed by atoms with Crippen LogP contribution < -0.4 is 0 Å². The van der Waals surface area contributed by atoms with Crippen LogP contribution in [0.15, 0.2) is 18.7 Å². The molecule has 0 aliphatic heterocycles. The van der Waals surface area contributed by atoms with Gasteiger partial charge in [-0.25, -0.2) is 4.98 Å². The number of aromatic nitrogens is 2. The zero-order chi connectivity index (χ0) is 5.82. The van der Waals surface area contributed by atoms with Crippen LogP contribution in [0.5, 0.6) is 0 Å². The van der Waals surface area contributed by atoms with Crippen molar-refractivity contribution in [2.24, 2.45) is 0 Å². The summed E-state index contributed by atoms with van der Waals surface area (Å²) in [4.78, 5) is 3.90. The van der Waals surface area contributed by atoms with E-state index in [9.17, 15) is 0 Å². The average molecular weight is 128 g/mol. The fourth-order valence-corrected chi connectivity index (χ4v) is 0.677. The fourth-order valence-electron chi connectivity index (χ4n) is 0.677. The van der Waals surface area contributed by atoms with Gasteiger partial charge < -0.3 is 10.0 Å². The van der Waals surface area contributed by atoms with Crippen molar-refractivity contribution in [1.29, 1.82) is 0 Å². The Morgan fingerprint density at radius 3 is 2.78 bits per heavy atom. The molecule has 1 aromatic heterocycles. The zero-order valence-electron chi connectivity index (χ0n) is 5.54. The van der Waals surface area contributed by atoms with Crippen LogP contribution in [0.4, 0.5) is 0 Å². The largest absolute Gasteiger partial charge is 0.412 e. The standard InChI is InChI=1S/C6H10N2.H2O/c1-2-4-8-5-3-7-6-8;/h3,5-6H,2,4H2,1H3;1H2. The lowest BCUT2D eigenvalue weighted by Gasteiger charge is -1.93. The first kappa shape index (κ1) is 8.17. The van der Waals surface area contributed by atoms with Crippen LogP contribution in [0.2, 0.25) is 0 Å². The minimum Gasteiger partial charge on any atom is -0.412 e. The highest BCUT2D eigenvalue weighted by Crippen LogP contribution is 1.87. The summed E-state index contributed by atoms with van der Waals surface area (Å²) in [5, 5.41) is 0. The number of nitrogens with zero attached hydrogens (tertiary/aromatic N) is 2. The summed E-state index contributed by atoms with van der Waals surface area (Å²) in [5.74, 6) is 0. The Labute approximate surface area is 54.6 Å². The predicted octanol–water partition coefficient (Wildman–Crippen LogP) is 0.468. The molecule has 1 aromatic rings. The molecule has 0 aromatic carbocycles. The van der Waals surface area contributed by atoms with Crippen LogP contribution in [0.1, 0.15) is 13.3 Å². The van der Waals surface area contributed by atoms with Gasteiger partial charge in [-0.1, -0.05) is 6.92 Å². The summed E-state index contributed by atoms with van der Waals surface area (Å²) >= 11 is 0. The van der Waals surface area contributed by atoms with Gasteiger partial charge in [0.05, 0.1) is 6.33 Å². The van der Waals surface area contributed by atoms with E-state index in [1.165, 1.54) is 6.42 Å². The van der Waals surface area contributed by atoms with Crippen molar-refractivity contribution in [3.8, 4) is 0 Å². The van der Waals surface area contributed by atoms with E-state index in [1.54, 1.807) is 6.20 Å². The van der Waals surface area contributed by atoms with Crippen molar-refractivity contribution >= 4 is 0 Å². The smallest absolute Gasteiger partial charge is 0.0945 e. The van der Waals surface area contributed by atoms with E-state index in [2.05, 4.69) is 16.5 Å². The maximum Gasteiger partial charge on any atom is 0.0945 e. The third-order valence-electron chi connectivity index (χ3n) is 1.04. The Morgan fingerprint density at radius 1 is 1.56 bits per heavy atom. The number of imidazole rings is 1. The Balaban J connectivity index is 0.000000640. The molecule has 0 amide bonds. The van der Waals surface area contributed by atoms with Gasteiger partial charge in [0.25, 0.3) is 0 Å². The van der Waals surface area contributed by atoms with Crippen LogP contribution in [0.25, 0.3) is 0 Å². The van der Waals surface area contributed by atoms with Crippen LogP contribution in [-0.2, 0) is 6.54 Å². The van der Waals surface area contributed by atoms with Gasteiger partial charge in [-0.15, -0.1) is 0 Å². The lowest BCUT2D eigenvalue weighted by atomic mass is 10.5. The van der Waals surface area contributed by atoms with Crippen LogP contribution in [-0.4, -0.2) is 15.0 Å². The second-order valence-corrected chi connectivity index (χ2v) is 1.80. The first-order chi connectivity index (χ1) is 3.93. The predicted molar refractivity (Wildman–Crippen MR) is 36.1 cm³/mol. The maximum atomic E-state index is 3.90. The highest BCUT2D eigenvalue weighted by atomic mass is 16.0. The molecule has 3 nitrogen and oxygen atoms in total. The summed E-state index contributed by atoms with van der Waals surface area (Å²) in [5.41, 5.74) is 0. The Hall–Kier alpha value is -0.830. The summed E-state index contributed by atoms with van der Waals surface area (Å²) in [6.07, 6.45) is 6.79. The molecular formula is C6H12N2O. The zero-order valence-corrected chi connectivity index (χ0v) is 5.54. The normalized spacial score (nSPS) is 8.56. The van der Waals surface area contributed by atoms with Gasteiger partial charge >= 0.3 is 0 Å². The molecule has 1 heterocycles. The molecule has 1 rings (SSSR count). The second kappa shape index (κ2) is 4.09. The average Bonchev–Trinajstić information content (AvgIpc) is 2.19. The van der Waals surface area contributed by atoms with Crippen molar-refractivity contribution in [1.82, 2.24) is 9.55 Å². The SMILES string of the molecule is CCCn1ccnc1.O. The van der Waals surface area contributed by atoms with Crippen molar-refractivity contribution in [2.45, 2.75) is 19.9 Å². The van der Waals surface area contributed by atoms with Gasteiger partial charge in [0.2, 0.25) is 0 Å². The number of aryl methyl sites for hydroxylation is 1. The molecule has 0 fully saturated rings. The van der Waals surface area contributed by atoms with Gasteiger partial charge in [-0.3, -0.25) is 0 Å². The van der Waals surface area contributed by atoms with E-state index in [1.807, 2.05) is 12.5 Å². The molecule has 9 heavy (non-hydrogen) atoms. The highest BCUT2D eigenvalue weighted by molar-refractivity contribution is 4.73. The Bertz CT molecular complexity index is 137. The molecule has 0 unspecified atom stereocenters. The van der Waals surface area contributed by atoms with Crippen molar-refractivity contribution in [3.63, 3.8) is 0 Å². The Morgan fingerprint density at radius 2 is 2.33 bits per heavy atom. The van der Waals surface area contributed by atoms with Gasteiger partial charge in [-0.05, 0) is 6.42 Å². The molecular weight excluding hydrogens is 116 g/mol. The molecule has 0 radical (unpaired) electrons. The van der Waals surface area contributed by atoms with Crippen LogP contribution in [0, 0.1) is 0 Å². The lowest BCUT2D eigenvalue weighted by molar-refractivity contribution is 0.678. The minimum absolute atomic E-state index is 0. The molecule has 0 bridgehead atoms. The third kappa shape index (κ3) is 2.28. The van der Waals surface area contributed by atoms with Crippen molar-refractivity contribution in [3.05, 3.63) is 18.7 Å². The van der Waals surface area contributed by atoms with E-state index < -0.39 is 0 Å². The summed E-state index contributed by atoms with van der Waals surface area (Å²) in [6.45, 7) is 3.24. The molecule has 0 atom stereocenters. The fraction of sp³-hybridized carbons (Fsp3) is 0.500. The van der Waals surface area contributed by atoms with E-state index in [4.69, 9.17) is 0 Å². The van der Waals surface area contributed by atoms with Gasteiger partial charge in [0, 0.05) is 18.9 Å². The molecule has 0 aliphatic carbocycles. The molecule has 0 spiro atoms. The monoisotopic (exact) mass is 128 g/mol. The molecule has 52 valence electrons. The van der Waals surface area contributed by atoms with E-state index in [0.29, 0.717) is 0 Å². The third-order valence-corrected chi connectivity index (χ3v) is 1.04. The maximum absolute atomic E-state index is 3.90. The first-order valence-electron chi connectivity index (χ1n) is 2.89. The van der Waals surface area contributed by atoms with Gasteiger partial charge in [0.15, 0.2) is 0 Å². The van der Waals surface area contributed by atoms with E-state index >= 15 is 0 Å². The summed E-state index contributed by atoms with van der Waals surface area (Å²) in [6, 6.07) is 0. The van der Waals surface area contributed by atoms with Gasteiger partial charge in [-0.2, -0.15) is 0 Å². The number of rotatable bonds is 2. The lowest BCUT2D eigenvalue weighted by Crippen LogP contribution is -1.90. The van der Waals surface area contributed by atoms with Crippen LogP contribution >= 0.6 is 0 Å². The van der Waals surface area contributed by atoms with E-state index in [-0.39, 0.29) is 5.48 Å².